The van der Waals surface area contributed by atoms with Crippen LogP contribution in [0.3, 0.4) is 0 Å². The monoisotopic (exact) mass is 278 g/mol. The van der Waals surface area contributed by atoms with Gasteiger partial charge in [-0.05, 0) is 25.4 Å². The topological polar surface area (TPSA) is 9.23 Å². The summed E-state index contributed by atoms with van der Waals surface area (Å²) in [5.41, 5.74) is 0. The average Bonchev–Trinajstić information content (AvgIpc) is 2.34. The van der Waals surface area contributed by atoms with Crippen LogP contribution in [0.2, 0.25) is 12.6 Å². The van der Waals surface area contributed by atoms with Gasteiger partial charge in [0.15, 0.2) is 9.04 Å². The fraction of sp³-hybridized carbons (Fsp3) is 1.00. The Hall–Kier alpha value is 0.467. The Bertz CT molecular complexity index is 144. The van der Waals surface area contributed by atoms with Crippen LogP contribution >= 0.6 is 11.6 Å². The highest BCUT2D eigenvalue weighted by molar-refractivity contribution is 6.50. The lowest BCUT2D eigenvalue weighted by molar-refractivity contribution is 0.307. The lowest BCUT2D eigenvalue weighted by Crippen LogP contribution is -2.14. The standard InChI is InChI=1S/C14H31ClOSi/c1-3-4-5-6-7-8-9-10-13-16-17(2)14-11-12-15/h17H,3-14H2,1-2H3. The lowest BCUT2D eigenvalue weighted by Gasteiger charge is -2.10. The molecule has 0 spiro atoms. The van der Waals surface area contributed by atoms with Crippen molar-refractivity contribution in [2.75, 3.05) is 12.5 Å². The summed E-state index contributed by atoms with van der Waals surface area (Å²) in [5.74, 6) is 0.790. The molecule has 0 aliphatic rings. The maximum Gasteiger partial charge on any atom is 0.173 e. The van der Waals surface area contributed by atoms with Crippen LogP contribution in [0.4, 0.5) is 0 Å². The van der Waals surface area contributed by atoms with E-state index < -0.39 is 9.04 Å². The van der Waals surface area contributed by atoms with Crippen LogP contribution < -0.4 is 0 Å². The Balaban J connectivity index is 3.02. The van der Waals surface area contributed by atoms with Crippen LogP contribution in [0.1, 0.15) is 64.7 Å². The highest BCUT2D eigenvalue weighted by Crippen LogP contribution is 2.09. The molecule has 0 bridgehead atoms. The van der Waals surface area contributed by atoms with E-state index in [-0.39, 0.29) is 0 Å². The third-order valence-electron chi connectivity index (χ3n) is 3.14. The van der Waals surface area contributed by atoms with E-state index in [4.69, 9.17) is 16.0 Å². The van der Waals surface area contributed by atoms with Crippen molar-refractivity contribution < 1.29 is 4.43 Å². The summed E-state index contributed by atoms with van der Waals surface area (Å²) in [7, 11) is -0.879. The summed E-state index contributed by atoms with van der Waals surface area (Å²) in [6, 6.07) is 1.24. The summed E-state index contributed by atoms with van der Waals surface area (Å²) >= 11 is 5.67. The minimum atomic E-state index is -0.879. The molecule has 0 aromatic heterocycles. The zero-order valence-corrected chi connectivity index (χ0v) is 13.8. The van der Waals surface area contributed by atoms with Gasteiger partial charge in [0.2, 0.25) is 0 Å². The zero-order chi connectivity index (χ0) is 12.8. The molecule has 0 heterocycles. The molecule has 104 valence electrons. The van der Waals surface area contributed by atoms with Crippen LogP contribution in [-0.2, 0) is 4.43 Å². The first-order valence-electron chi connectivity index (χ1n) is 7.48. The van der Waals surface area contributed by atoms with Crippen LogP contribution in [-0.4, -0.2) is 21.5 Å². The second-order valence-corrected chi connectivity index (χ2v) is 7.90. The third kappa shape index (κ3) is 14.4. The predicted molar refractivity (Wildman–Crippen MR) is 81.7 cm³/mol. The summed E-state index contributed by atoms with van der Waals surface area (Å²) in [6.07, 6.45) is 12.2. The lowest BCUT2D eigenvalue weighted by atomic mass is 10.1. The molecule has 1 atom stereocenters. The summed E-state index contributed by atoms with van der Waals surface area (Å²) in [4.78, 5) is 0. The molecule has 0 rings (SSSR count). The average molecular weight is 279 g/mol. The molecule has 1 nitrogen and oxygen atoms in total. The second-order valence-electron chi connectivity index (χ2n) is 4.99. The predicted octanol–water partition coefficient (Wildman–Crippen LogP) is 5.13. The van der Waals surface area contributed by atoms with Gasteiger partial charge >= 0.3 is 0 Å². The van der Waals surface area contributed by atoms with Gasteiger partial charge in [-0.2, -0.15) is 0 Å². The van der Waals surface area contributed by atoms with Gasteiger partial charge in [0.05, 0.1) is 0 Å². The van der Waals surface area contributed by atoms with Gasteiger partial charge < -0.3 is 4.43 Å². The van der Waals surface area contributed by atoms with E-state index in [1.807, 2.05) is 0 Å². The molecule has 0 N–H and O–H groups in total. The number of halogens is 1. The van der Waals surface area contributed by atoms with Gasteiger partial charge in [-0.25, -0.2) is 0 Å². The smallest absolute Gasteiger partial charge is 0.173 e. The molecule has 1 unspecified atom stereocenters. The van der Waals surface area contributed by atoms with Crippen molar-refractivity contribution in [2.45, 2.75) is 77.3 Å². The number of unbranched alkanes of at least 4 members (excludes halogenated alkanes) is 7. The molecular weight excluding hydrogens is 248 g/mol. The summed E-state index contributed by atoms with van der Waals surface area (Å²) < 4.78 is 5.87. The summed E-state index contributed by atoms with van der Waals surface area (Å²) in [6.45, 7) is 5.55. The first-order valence-corrected chi connectivity index (χ1v) is 10.5. The SMILES string of the molecule is CCCCCCCCCCO[SiH](C)CCCCl. The Morgan fingerprint density at radius 3 is 2.06 bits per heavy atom. The zero-order valence-electron chi connectivity index (χ0n) is 11.8. The van der Waals surface area contributed by atoms with Crippen molar-refractivity contribution in [3.63, 3.8) is 0 Å². The molecule has 0 aliphatic carbocycles. The van der Waals surface area contributed by atoms with E-state index in [9.17, 15) is 0 Å². The Morgan fingerprint density at radius 2 is 1.47 bits per heavy atom. The molecule has 0 amide bonds. The molecule has 17 heavy (non-hydrogen) atoms. The number of alkyl halides is 1. The third-order valence-corrected chi connectivity index (χ3v) is 5.44. The molecule has 0 fully saturated rings. The summed E-state index contributed by atoms with van der Waals surface area (Å²) in [5, 5.41) is 0. The van der Waals surface area contributed by atoms with E-state index in [1.54, 1.807) is 0 Å². The maximum absolute atomic E-state index is 5.87. The van der Waals surface area contributed by atoms with Crippen molar-refractivity contribution in [3.05, 3.63) is 0 Å². The van der Waals surface area contributed by atoms with E-state index in [2.05, 4.69) is 13.5 Å². The van der Waals surface area contributed by atoms with E-state index in [0.29, 0.717) is 0 Å². The van der Waals surface area contributed by atoms with Crippen LogP contribution in [0.5, 0.6) is 0 Å². The highest BCUT2D eigenvalue weighted by atomic mass is 35.5. The molecule has 0 aliphatic heterocycles. The number of rotatable bonds is 13. The van der Waals surface area contributed by atoms with Crippen LogP contribution in [0.25, 0.3) is 0 Å². The van der Waals surface area contributed by atoms with Crippen molar-refractivity contribution in [1.82, 2.24) is 0 Å². The quantitative estimate of drug-likeness (QED) is 0.258. The van der Waals surface area contributed by atoms with Gasteiger partial charge in [0, 0.05) is 12.5 Å². The maximum atomic E-state index is 5.87. The van der Waals surface area contributed by atoms with Gasteiger partial charge in [-0.1, -0.05) is 51.9 Å². The fourth-order valence-corrected chi connectivity index (χ4v) is 3.90. The van der Waals surface area contributed by atoms with E-state index >= 15 is 0 Å². The first-order chi connectivity index (χ1) is 8.31. The van der Waals surface area contributed by atoms with Crippen LogP contribution in [0.15, 0.2) is 0 Å². The number of hydrogen-bond donors (Lipinski definition) is 0. The van der Waals surface area contributed by atoms with Crippen molar-refractivity contribution in [1.29, 1.82) is 0 Å². The van der Waals surface area contributed by atoms with Gasteiger partial charge in [-0.15, -0.1) is 11.6 Å². The molecule has 0 aromatic rings. The molecule has 0 aromatic carbocycles. The van der Waals surface area contributed by atoms with Gasteiger partial charge in [0.1, 0.15) is 0 Å². The minimum Gasteiger partial charge on any atom is -0.420 e. The van der Waals surface area contributed by atoms with Crippen molar-refractivity contribution >= 4 is 20.6 Å². The molecule has 0 saturated carbocycles. The molecule has 0 saturated heterocycles. The number of hydrogen-bond acceptors (Lipinski definition) is 1. The van der Waals surface area contributed by atoms with E-state index in [0.717, 1.165) is 18.9 Å². The van der Waals surface area contributed by atoms with Gasteiger partial charge in [-0.3, -0.25) is 0 Å². The Kier molecular flexibility index (Phi) is 14.9. The second kappa shape index (κ2) is 14.5. The Morgan fingerprint density at radius 1 is 0.882 bits per heavy atom. The Labute approximate surface area is 115 Å². The fourth-order valence-electron chi connectivity index (χ4n) is 1.97. The first kappa shape index (κ1) is 17.5. The van der Waals surface area contributed by atoms with Crippen molar-refractivity contribution in [2.24, 2.45) is 0 Å². The highest BCUT2D eigenvalue weighted by Gasteiger charge is 2.03. The van der Waals surface area contributed by atoms with E-state index in [1.165, 1.54) is 57.4 Å². The minimum absolute atomic E-state index is 0.790. The van der Waals surface area contributed by atoms with Crippen molar-refractivity contribution in [3.8, 4) is 0 Å². The normalized spacial score (nSPS) is 12.9. The van der Waals surface area contributed by atoms with Gasteiger partial charge in [0.25, 0.3) is 0 Å². The largest absolute Gasteiger partial charge is 0.420 e. The van der Waals surface area contributed by atoms with Crippen LogP contribution in [0, 0.1) is 0 Å². The molecular formula is C14H31ClOSi. The molecule has 3 heteroatoms. The molecule has 0 radical (unpaired) electrons.